The largest absolute Gasteiger partial charge is 0.383 e. The fourth-order valence-corrected chi connectivity index (χ4v) is 3.07. The van der Waals surface area contributed by atoms with Gasteiger partial charge in [-0.25, -0.2) is 0 Å². The van der Waals surface area contributed by atoms with Gasteiger partial charge in [0.05, 0.1) is 11.3 Å². The van der Waals surface area contributed by atoms with Crippen molar-refractivity contribution in [3.8, 4) is 6.07 Å². The van der Waals surface area contributed by atoms with Crippen LogP contribution in [-0.4, -0.2) is 22.5 Å². The highest BCUT2D eigenvalue weighted by atomic mass is 32.2. The van der Waals surface area contributed by atoms with Crippen molar-refractivity contribution in [3.63, 3.8) is 0 Å². The Morgan fingerprint density at radius 3 is 3.25 bits per heavy atom. The maximum atomic E-state index is 8.92. The molecule has 16 heavy (non-hydrogen) atoms. The Balaban J connectivity index is 1.91. The van der Waals surface area contributed by atoms with Gasteiger partial charge in [0, 0.05) is 24.2 Å². The number of nitrogens with one attached hydrogen (secondary N) is 1. The predicted octanol–water partition coefficient (Wildman–Crippen LogP) is 2.65. The molecule has 2 heterocycles. The first-order chi connectivity index (χ1) is 7.90. The number of nitriles is 1. The molecule has 3 nitrogen and oxygen atoms in total. The number of hydrogen-bond acceptors (Lipinski definition) is 4. The van der Waals surface area contributed by atoms with Gasteiger partial charge in [0.2, 0.25) is 0 Å². The summed E-state index contributed by atoms with van der Waals surface area (Å²) in [6.07, 6.45) is 7.29. The van der Waals surface area contributed by atoms with Crippen LogP contribution >= 0.6 is 11.8 Å². The Hall–Kier alpha value is -1.21. The van der Waals surface area contributed by atoms with E-state index in [2.05, 4.69) is 16.4 Å². The Bertz CT molecular complexity index is 380. The topological polar surface area (TPSA) is 48.7 Å². The SMILES string of the molecule is N#Cc1cnccc1NCC1CCCCS1. The van der Waals surface area contributed by atoms with E-state index >= 15 is 0 Å². The lowest BCUT2D eigenvalue weighted by molar-refractivity contribution is 0.677. The molecular weight excluding hydrogens is 218 g/mol. The first-order valence-corrected chi connectivity index (χ1v) is 6.64. The van der Waals surface area contributed by atoms with Crippen molar-refractivity contribution >= 4 is 17.4 Å². The van der Waals surface area contributed by atoms with Crippen molar-refractivity contribution in [1.82, 2.24) is 4.98 Å². The van der Waals surface area contributed by atoms with E-state index in [1.807, 2.05) is 17.8 Å². The Morgan fingerprint density at radius 1 is 1.56 bits per heavy atom. The third kappa shape index (κ3) is 2.89. The fourth-order valence-electron chi connectivity index (χ4n) is 1.83. The van der Waals surface area contributed by atoms with Crippen LogP contribution in [0.3, 0.4) is 0 Å². The Kier molecular flexibility index (Phi) is 4.06. The second kappa shape index (κ2) is 5.76. The summed E-state index contributed by atoms with van der Waals surface area (Å²) >= 11 is 2.03. The quantitative estimate of drug-likeness (QED) is 0.872. The van der Waals surface area contributed by atoms with Crippen LogP contribution in [0.2, 0.25) is 0 Å². The molecule has 84 valence electrons. The van der Waals surface area contributed by atoms with Crippen LogP contribution < -0.4 is 5.32 Å². The van der Waals surface area contributed by atoms with Crippen LogP contribution in [0.1, 0.15) is 24.8 Å². The number of thioether (sulfide) groups is 1. The van der Waals surface area contributed by atoms with Crippen LogP contribution in [0.5, 0.6) is 0 Å². The maximum Gasteiger partial charge on any atom is 0.103 e. The third-order valence-electron chi connectivity index (χ3n) is 2.74. The van der Waals surface area contributed by atoms with Gasteiger partial charge < -0.3 is 5.32 Å². The number of aromatic nitrogens is 1. The lowest BCUT2D eigenvalue weighted by Crippen LogP contribution is -2.20. The number of anilines is 1. The first kappa shape index (κ1) is 11.3. The monoisotopic (exact) mass is 233 g/mol. The molecule has 0 aromatic carbocycles. The molecule has 0 bridgehead atoms. The van der Waals surface area contributed by atoms with Crippen LogP contribution in [0.4, 0.5) is 5.69 Å². The smallest absolute Gasteiger partial charge is 0.103 e. The molecule has 0 spiro atoms. The second-order valence-corrected chi connectivity index (χ2v) is 5.31. The number of rotatable bonds is 3. The molecule has 0 saturated carbocycles. The third-order valence-corrected chi connectivity index (χ3v) is 4.13. The van der Waals surface area contributed by atoms with Gasteiger partial charge >= 0.3 is 0 Å². The summed E-state index contributed by atoms with van der Waals surface area (Å²) in [5.74, 6) is 1.27. The second-order valence-electron chi connectivity index (χ2n) is 3.90. The van der Waals surface area contributed by atoms with Crippen molar-refractivity contribution in [2.75, 3.05) is 17.6 Å². The van der Waals surface area contributed by atoms with Crippen LogP contribution in [0.15, 0.2) is 18.5 Å². The number of hydrogen-bond donors (Lipinski definition) is 1. The minimum Gasteiger partial charge on any atom is -0.383 e. The number of nitrogens with zero attached hydrogens (tertiary/aromatic N) is 2. The summed E-state index contributed by atoms with van der Waals surface area (Å²) in [5, 5.41) is 13.0. The van der Waals surface area contributed by atoms with Gasteiger partial charge in [0.1, 0.15) is 6.07 Å². The van der Waals surface area contributed by atoms with E-state index in [4.69, 9.17) is 5.26 Å². The summed E-state index contributed by atoms with van der Waals surface area (Å²) in [6.45, 7) is 0.948. The average Bonchev–Trinajstić information content (AvgIpc) is 2.38. The molecular formula is C12H15N3S. The molecule has 1 fully saturated rings. The van der Waals surface area contributed by atoms with E-state index in [9.17, 15) is 0 Å². The van der Waals surface area contributed by atoms with Gasteiger partial charge in [0.25, 0.3) is 0 Å². The van der Waals surface area contributed by atoms with Crippen molar-refractivity contribution in [2.45, 2.75) is 24.5 Å². The standard InChI is InChI=1S/C12H15N3S/c13-7-10-8-14-5-4-12(10)15-9-11-3-1-2-6-16-11/h4-5,8,11H,1-3,6,9H2,(H,14,15). The van der Waals surface area contributed by atoms with Gasteiger partial charge in [-0.2, -0.15) is 17.0 Å². The highest BCUT2D eigenvalue weighted by molar-refractivity contribution is 7.99. The Labute approximate surface area is 100 Å². The average molecular weight is 233 g/mol. The molecule has 1 unspecified atom stereocenters. The van der Waals surface area contributed by atoms with E-state index < -0.39 is 0 Å². The summed E-state index contributed by atoms with van der Waals surface area (Å²) in [6, 6.07) is 4.02. The van der Waals surface area contributed by atoms with Crippen LogP contribution in [0.25, 0.3) is 0 Å². The van der Waals surface area contributed by atoms with E-state index in [0.717, 1.165) is 12.2 Å². The molecule has 4 heteroatoms. The highest BCUT2D eigenvalue weighted by Crippen LogP contribution is 2.25. The van der Waals surface area contributed by atoms with Gasteiger partial charge in [-0.1, -0.05) is 6.42 Å². The van der Waals surface area contributed by atoms with E-state index in [1.165, 1.54) is 25.0 Å². The zero-order chi connectivity index (χ0) is 11.2. The summed E-state index contributed by atoms with van der Waals surface area (Å²) in [7, 11) is 0. The zero-order valence-electron chi connectivity index (χ0n) is 9.15. The van der Waals surface area contributed by atoms with Gasteiger partial charge in [-0.05, 0) is 24.7 Å². The minimum atomic E-state index is 0.628. The molecule has 0 amide bonds. The molecule has 0 radical (unpaired) electrons. The minimum absolute atomic E-state index is 0.628. The van der Waals surface area contributed by atoms with E-state index in [-0.39, 0.29) is 0 Å². The van der Waals surface area contributed by atoms with Gasteiger partial charge in [-0.3, -0.25) is 4.98 Å². The molecule has 2 rings (SSSR count). The summed E-state index contributed by atoms with van der Waals surface area (Å²) in [5.41, 5.74) is 1.53. The molecule has 1 aromatic rings. The molecule has 1 N–H and O–H groups in total. The van der Waals surface area contributed by atoms with Crippen molar-refractivity contribution in [3.05, 3.63) is 24.0 Å². The molecule has 1 aliphatic heterocycles. The molecule has 1 aromatic heterocycles. The fraction of sp³-hybridized carbons (Fsp3) is 0.500. The lowest BCUT2D eigenvalue weighted by atomic mass is 10.2. The van der Waals surface area contributed by atoms with Crippen LogP contribution in [-0.2, 0) is 0 Å². The Morgan fingerprint density at radius 2 is 2.50 bits per heavy atom. The molecule has 1 saturated heterocycles. The zero-order valence-corrected chi connectivity index (χ0v) is 9.96. The molecule has 1 atom stereocenters. The summed E-state index contributed by atoms with van der Waals surface area (Å²) in [4.78, 5) is 3.94. The lowest BCUT2D eigenvalue weighted by Gasteiger charge is -2.22. The highest BCUT2D eigenvalue weighted by Gasteiger charge is 2.13. The van der Waals surface area contributed by atoms with Crippen molar-refractivity contribution < 1.29 is 0 Å². The van der Waals surface area contributed by atoms with E-state index in [1.54, 1.807) is 12.4 Å². The predicted molar refractivity (Wildman–Crippen MR) is 67.5 cm³/mol. The first-order valence-electron chi connectivity index (χ1n) is 5.60. The summed E-state index contributed by atoms with van der Waals surface area (Å²) < 4.78 is 0. The van der Waals surface area contributed by atoms with E-state index in [0.29, 0.717) is 10.8 Å². The maximum absolute atomic E-state index is 8.92. The van der Waals surface area contributed by atoms with Gasteiger partial charge in [-0.15, -0.1) is 0 Å². The normalized spacial score (nSPS) is 20.1. The molecule has 1 aliphatic rings. The molecule has 0 aliphatic carbocycles. The van der Waals surface area contributed by atoms with Crippen LogP contribution in [0, 0.1) is 11.3 Å². The number of pyridine rings is 1. The van der Waals surface area contributed by atoms with Crippen molar-refractivity contribution in [1.29, 1.82) is 5.26 Å². The van der Waals surface area contributed by atoms with Crippen molar-refractivity contribution in [2.24, 2.45) is 0 Å². The van der Waals surface area contributed by atoms with Gasteiger partial charge in [0.15, 0.2) is 0 Å².